The van der Waals surface area contributed by atoms with Crippen LogP contribution in [0.4, 0.5) is 0 Å². The van der Waals surface area contributed by atoms with E-state index in [1.54, 1.807) is 0 Å². The number of esters is 1. The minimum atomic E-state index is -0.537. The zero-order valence-corrected chi connectivity index (χ0v) is 12.6. The van der Waals surface area contributed by atoms with Crippen molar-refractivity contribution in [3.8, 4) is 0 Å². The van der Waals surface area contributed by atoms with Gasteiger partial charge in [-0.2, -0.15) is 0 Å². The van der Waals surface area contributed by atoms with Crippen LogP contribution in [-0.2, 0) is 21.4 Å². The number of aliphatic hydroxyl groups excluding tert-OH is 1. The van der Waals surface area contributed by atoms with Gasteiger partial charge in [-0.3, -0.25) is 4.79 Å². The van der Waals surface area contributed by atoms with Crippen LogP contribution in [-0.4, -0.2) is 23.3 Å². The van der Waals surface area contributed by atoms with Crippen LogP contribution in [0.5, 0.6) is 0 Å². The van der Waals surface area contributed by atoms with Gasteiger partial charge in [0.2, 0.25) is 0 Å². The second-order valence-corrected chi connectivity index (χ2v) is 6.69. The predicted octanol–water partition coefficient (Wildman–Crippen LogP) is 2.98. The quantitative estimate of drug-likeness (QED) is 0.863. The molecule has 1 aliphatic heterocycles. The Morgan fingerprint density at radius 3 is 2.45 bits per heavy atom. The molecule has 3 heteroatoms. The van der Waals surface area contributed by atoms with Crippen molar-refractivity contribution < 1.29 is 14.6 Å². The number of benzene rings is 1. The van der Waals surface area contributed by atoms with Gasteiger partial charge >= 0.3 is 5.97 Å². The van der Waals surface area contributed by atoms with E-state index in [1.807, 2.05) is 0 Å². The maximum Gasteiger partial charge on any atom is 0.308 e. The summed E-state index contributed by atoms with van der Waals surface area (Å²) in [6, 6.07) is 8.61. The third-order valence-corrected chi connectivity index (χ3v) is 3.81. The molecular weight excluding hydrogens is 252 g/mol. The van der Waals surface area contributed by atoms with Crippen molar-refractivity contribution in [2.24, 2.45) is 0 Å². The average molecular weight is 276 g/mol. The van der Waals surface area contributed by atoms with Crippen molar-refractivity contribution in [2.45, 2.75) is 64.1 Å². The number of rotatable bonds is 3. The lowest BCUT2D eigenvalue weighted by molar-refractivity contribution is -0.160. The molecule has 1 aromatic rings. The molecule has 1 fully saturated rings. The first-order chi connectivity index (χ1) is 9.34. The Morgan fingerprint density at radius 1 is 1.25 bits per heavy atom. The molecule has 0 radical (unpaired) electrons. The van der Waals surface area contributed by atoms with Crippen molar-refractivity contribution in [1.29, 1.82) is 0 Å². The molecule has 0 spiro atoms. The molecule has 0 amide bonds. The molecule has 2 rings (SSSR count). The fraction of sp³-hybridized carbons (Fsp3) is 0.588. The molecule has 0 saturated carbocycles. The van der Waals surface area contributed by atoms with Gasteiger partial charge in [-0.1, -0.05) is 45.0 Å². The number of carbonyl (C=O) groups is 1. The van der Waals surface area contributed by atoms with Crippen LogP contribution in [0.25, 0.3) is 0 Å². The highest BCUT2D eigenvalue weighted by atomic mass is 16.5. The van der Waals surface area contributed by atoms with Crippen LogP contribution < -0.4 is 0 Å². The second-order valence-electron chi connectivity index (χ2n) is 6.69. The maximum atomic E-state index is 11.3. The van der Waals surface area contributed by atoms with Gasteiger partial charge in [0, 0.05) is 6.42 Å². The van der Waals surface area contributed by atoms with Crippen LogP contribution >= 0.6 is 0 Å². The van der Waals surface area contributed by atoms with Gasteiger partial charge < -0.3 is 9.84 Å². The molecule has 0 bridgehead atoms. The van der Waals surface area contributed by atoms with Crippen molar-refractivity contribution in [1.82, 2.24) is 0 Å². The molecule has 0 unspecified atom stereocenters. The molecule has 110 valence electrons. The summed E-state index contributed by atoms with van der Waals surface area (Å²) in [5.41, 5.74) is 2.73. The summed E-state index contributed by atoms with van der Waals surface area (Å²) in [5.74, 6) is -0.281. The Morgan fingerprint density at radius 2 is 1.90 bits per heavy atom. The van der Waals surface area contributed by atoms with Gasteiger partial charge in [0.05, 0.1) is 12.5 Å². The normalized spacial score (nSPS) is 23.5. The summed E-state index contributed by atoms with van der Waals surface area (Å²) in [6.07, 6.45) is 1.66. The number of cyclic esters (lactones) is 1. The van der Waals surface area contributed by atoms with Crippen molar-refractivity contribution in [3.63, 3.8) is 0 Å². The van der Waals surface area contributed by atoms with E-state index in [9.17, 15) is 9.90 Å². The number of aryl methyl sites for hydroxylation is 1. The van der Waals surface area contributed by atoms with Crippen LogP contribution in [0.3, 0.4) is 0 Å². The Bertz CT molecular complexity index is 456. The zero-order valence-electron chi connectivity index (χ0n) is 12.6. The van der Waals surface area contributed by atoms with Gasteiger partial charge in [-0.25, -0.2) is 0 Å². The Hall–Kier alpha value is -1.35. The third kappa shape index (κ3) is 4.07. The lowest BCUT2D eigenvalue weighted by atomic mass is 9.86. The van der Waals surface area contributed by atoms with E-state index in [4.69, 9.17) is 4.74 Å². The molecule has 0 aliphatic carbocycles. The molecule has 1 N–H and O–H groups in total. The number of carbonyl (C=O) groups excluding carboxylic acids is 1. The monoisotopic (exact) mass is 276 g/mol. The van der Waals surface area contributed by atoms with E-state index in [0.29, 0.717) is 6.42 Å². The highest BCUT2D eigenvalue weighted by Gasteiger charge is 2.26. The highest BCUT2D eigenvalue weighted by molar-refractivity contribution is 5.70. The lowest BCUT2D eigenvalue weighted by Crippen LogP contribution is -2.32. The van der Waals surface area contributed by atoms with E-state index in [2.05, 4.69) is 45.0 Å². The first-order valence-corrected chi connectivity index (χ1v) is 7.31. The Balaban J connectivity index is 1.89. The molecule has 1 saturated heterocycles. The van der Waals surface area contributed by atoms with Crippen LogP contribution in [0.15, 0.2) is 24.3 Å². The van der Waals surface area contributed by atoms with E-state index in [1.165, 1.54) is 11.1 Å². The minimum absolute atomic E-state index is 0.136. The summed E-state index contributed by atoms with van der Waals surface area (Å²) >= 11 is 0. The van der Waals surface area contributed by atoms with Crippen LogP contribution in [0.2, 0.25) is 0 Å². The van der Waals surface area contributed by atoms with Gasteiger partial charge in [0.1, 0.15) is 6.10 Å². The fourth-order valence-electron chi connectivity index (χ4n) is 2.54. The number of ether oxygens (including phenoxy) is 1. The molecule has 0 aromatic heterocycles. The van der Waals surface area contributed by atoms with Crippen molar-refractivity contribution in [3.05, 3.63) is 35.4 Å². The summed E-state index contributed by atoms with van der Waals surface area (Å²) < 4.78 is 5.26. The largest absolute Gasteiger partial charge is 0.462 e. The molecule has 1 aliphatic rings. The van der Waals surface area contributed by atoms with E-state index < -0.39 is 6.10 Å². The molecule has 2 atom stereocenters. The summed E-state index contributed by atoms with van der Waals surface area (Å²) in [5, 5.41) is 9.57. The summed E-state index contributed by atoms with van der Waals surface area (Å²) in [6.45, 7) is 6.60. The number of hydrogen-bond donors (Lipinski definition) is 1. The van der Waals surface area contributed by atoms with Crippen LogP contribution in [0, 0.1) is 0 Å². The number of hydrogen-bond acceptors (Lipinski definition) is 3. The lowest BCUT2D eigenvalue weighted by Gasteiger charge is -2.26. The molecule has 1 heterocycles. The topological polar surface area (TPSA) is 46.5 Å². The van der Waals surface area contributed by atoms with Gasteiger partial charge in [-0.05, 0) is 29.4 Å². The third-order valence-electron chi connectivity index (χ3n) is 3.81. The Kier molecular flexibility index (Phi) is 4.48. The van der Waals surface area contributed by atoms with E-state index in [-0.39, 0.29) is 23.9 Å². The second kappa shape index (κ2) is 5.96. The SMILES string of the molecule is CC(C)(C)c1ccc(CC[C@@H]2C[C@@H](O)CC(=O)O2)cc1. The van der Waals surface area contributed by atoms with Crippen molar-refractivity contribution >= 4 is 5.97 Å². The predicted molar refractivity (Wildman–Crippen MR) is 78.6 cm³/mol. The maximum absolute atomic E-state index is 11.3. The van der Waals surface area contributed by atoms with Gasteiger partial charge in [0.15, 0.2) is 0 Å². The van der Waals surface area contributed by atoms with Gasteiger partial charge in [-0.15, -0.1) is 0 Å². The minimum Gasteiger partial charge on any atom is -0.462 e. The van der Waals surface area contributed by atoms with Crippen molar-refractivity contribution in [2.75, 3.05) is 0 Å². The standard InChI is InChI=1S/C17H24O3/c1-17(2,3)13-7-4-12(5-8-13)6-9-15-10-14(18)11-16(19)20-15/h4-5,7-8,14-15,18H,6,9-11H2,1-3H3/t14-,15-/m1/s1. The van der Waals surface area contributed by atoms with E-state index in [0.717, 1.165) is 12.8 Å². The first kappa shape index (κ1) is 15.0. The van der Waals surface area contributed by atoms with Crippen LogP contribution in [0.1, 0.15) is 51.2 Å². The number of aliphatic hydroxyl groups is 1. The molecule has 3 nitrogen and oxygen atoms in total. The average Bonchev–Trinajstić information content (AvgIpc) is 2.35. The van der Waals surface area contributed by atoms with E-state index >= 15 is 0 Å². The smallest absolute Gasteiger partial charge is 0.308 e. The zero-order chi connectivity index (χ0) is 14.8. The highest BCUT2D eigenvalue weighted by Crippen LogP contribution is 2.23. The molecular formula is C17H24O3. The summed E-state index contributed by atoms with van der Waals surface area (Å²) in [4.78, 5) is 11.3. The molecule has 20 heavy (non-hydrogen) atoms. The first-order valence-electron chi connectivity index (χ1n) is 7.31. The summed E-state index contributed by atoms with van der Waals surface area (Å²) in [7, 11) is 0. The fourth-order valence-corrected chi connectivity index (χ4v) is 2.54. The van der Waals surface area contributed by atoms with Gasteiger partial charge in [0.25, 0.3) is 0 Å². The Labute approximate surface area is 121 Å². The molecule has 1 aromatic carbocycles.